The Kier molecular flexibility index (Phi) is 6.92. The lowest BCUT2D eigenvalue weighted by Gasteiger charge is -2.35. The molecular weight excluding hydrogens is 492 g/mol. The van der Waals surface area contributed by atoms with Crippen molar-refractivity contribution in [2.45, 2.75) is 32.4 Å². The van der Waals surface area contributed by atoms with Crippen LogP contribution in [0.15, 0.2) is 82.3 Å². The van der Waals surface area contributed by atoms with Crippen molar-refractivity contribution in [1.82, 2.24) is 25.3 Å². The Hall–Kier alpha value is -4.70. The molecule has 1 saturated heterocycles. The third-order valence-electron chi connectivity index (χ3n) is 6.86. The molecule has 10 heteroatoms. The van der Waals surface area contributed by atoms with E-state index in [9.17, 15) is 4.79 Å². The average Bonchev–Trinajstić information content (AvgIpc) is 3.34. The molecular formula is C29H30N8O2. The molecule has 6 rings (SSSR count). The van der Waals surface area contributed by atoms with Crippen LogP contribution in [0.25, 0.3) is 11.1 Å². The van der Waals surface area contributed by atoms with Gasteiger partial charge < -0.3 is 25.3 Å². The van der Waals surface area contributed by atoms with Crippen LogP contribution in [0.1, 0.15) is 24.0 Å². The molecule has 198 valence electrons. The number of oxazole rings is 1. The molecule has 39 heavy (non-hydrogen) atoms. The monoisotopic (exact) mass is 522 g/mol. The number of hydrogen-bond acceptors (Lipinski definition) is 9. The maximum atomic E-state index is 11.5. The van der Waals surface area contributed by atoms with Crippen LogP contribution < -0.4 is 26.6 Å². The summed E-state index contributed by atoms with van der Waals surface area (Å²) in [5.41, 5.74) is 4.84. The van der Waals surface area contributed by atoms with Crippen molar-refractivity contribution >= 4 is 40.1 Å². The molecule has 4 N–H and O–H groups in total. The smallest absolute Gasteiger partial charge is 0.408 e. The van der Waals surface area contributed by atoms with Gasteiger partial charge >= 0.3 is 5.76 Å². The molecule has 1 fully saturated rings. The number of fused-ring (bicyclic) bond motifs is 1. The van der Waals surface area contributed by atoms with Gasteiger partial charge in [-0.1, -0.05) is 30.3 Å². The number of benzene rings is 2. The van der Waals surface area contributed by atoms with Crippen molar-refractivity contribution in [3.05, 3.63) is 94.7 Å². The fourth-order valence-corrected chi connectivity index (χ4v) is 4.83. The summed E-state index contributed by atoms with van der Waals surface area (Å²) in [7, 11) is 0. The number of piperidine rings is 1. The normalized spacial score (nSPS) is 15.3. The molecule has 1 aliphatic heterocycles. The van der Waals surface area contributed by atoms with Gasteiger partial charge in [0.25, 0.3) is 0 Å². The second-order valence-corrected chi connectivity index (χ2v) is 9.72. The largest absolute Gasteiger partial charge is 0.417 e. The van der Waals surface area contributed by atoms with Crippen molar-refractivity contribution in [3.8, 4) is 0 Å². The number of aromatic amines is 1. The zero-order valence-corrected chi connectivity index (χ0v) is 21.6. The summed E-state index contributed by atoms with van der Waals surface area (Å²) in [5.74, 6) is 1.57. The quantitative estimate of drug-likeness (QED) is 0.226. The first kappa shape index (κ1) is 24.6. The van der Waals surface area contributed by atoms with E-state index in [1.165, 1.54) is 5.56 Å². The van der Waals surface area contributed by atoms with Crippen LogP contribution in [0.2, 0.25) is 0 Å². The third kappa shape index (κ3) is 5.75. The van der Waals surface area contributed by atoms with E-state index in [0.29, 0.717) is 28.9 Å². The van der Waals surface area contributed by atoms with Crippen LogP contribution in [0.4, 0.5) is 29.0 Å². The van der Waals surface area contributed by atoms with Crippen LogP contribution in [-0.2, 0) is 6.54 Å². The number of nitrogens with zero attached hydrogens (tertiary/aromatic N) is 4. The summed E-state index contributed by atoms with van der Waals surface area (Å²) in [6, 6.07) is 20.3. The summed E-state index contributed by atoms with van der Waals surface area (Å²) < 4.78 is 5.08. The molecule has 2 aromatic carbocycles. The van der Waals surface area contributed by atoms with Crippen molar-refractivity contribution < 1.29 is 4.42 Å². The van der Waals surface area contributed by atoms with E-state index in [-0.39, 0.29) is 0 Å². The minimum Gasteiger partial charge on any atom is -0.408 e. The highest BCUT2D eigenvalue weighted by atomic mass is 16.4. The number of aryl methyl sites for hydroxylation is 1. The number of pyridine rings is 1. The summed E-state index contributed by atoms with van der Waals surface area (Å²) in [6.07, 6.45) is 5.88. The molecule has 1 atom stereocenters. The molecule has 5 aromatic rings. The standard InChI is InChI=1S/C29H30N8O2/c1-19-15-32-28(36-27(19)33-21-9-11-25-24(14-21)35-29(38)39-25)34-22-10-12-26(31-16-22)37(23-8-5-13-30-17-23)18-20-6-3-2-4-7-20/h2-4,6-7,9-12,14-16,23,30H,5,8,13,17-18H2,1H3,(H,35,38)(H2,32,33,34,36)/t23-/m0/s1. The first-order valence-corrected chi connectivity index (χ1v) is 13.1. The Morgan fingerprint density at radius 1 is 1.03 bits per heavy atom. The Morgan fingerprint density at radius 2 is 1.90 bits per heavy atom. The van der Waals surface area contributed by atoms with E-state index in [4.69, 9.17) is 9.40 Å². The maximum absolute atomic E-state index is 11.5. The van der Waals surface area contributed by atoms with Crippen molar-refractivity contribution in [1.29, 1.82) is 0 Å². The lowest BCUT2D eigenvalue weighted by molar-refractivity contribution is 0.428. The topological polar surface area (TPSA) is 124 Å². The Bertz CT molecular complexity index is 1610. The lowest BCUT2D eigenvalue weighted by Crippen LogP contribution is -2.46. The number of rotatable bonds is 8. The van der Waals surface area contributed by atoms with Crippen LogP contribution in [0.3, 0.4) is 0 Å². The summed E-state index contributed by atoms with van der Waals surface area (Å²) in [6.45, 7) is 4.76. The highest BCUT2D eigenvalue weighted by molar-refractivity contribution is 5.78. The van der Waals surface area contributed by atoms with Gasteiger partial charge in [-0.3, -0.25) is 4.98 Å². The molecule has 0 aliphatic carbocycles. The number of hydrogen-bond donors (Lipinski definition) is 4. The van der Waals surface area contributed by atoms with E-state index in [2.05, 4.69) is 60.1 Å². The van der Waals surface area contributed by atoms with Gasteiger partial charge in [0.05, 0.1) is 17.4 Å². The fraction of sp³-hybridized carbons (Fsp3) is 0.241. The van der Waals surface area contributed by atoms with Gasteiger partial charge in [0.2, 0.25) is 5.95 Å². The SMILES string of the molecule is Cc1cnc(Nc2ccc(N(Cc3ccccc3)[C@H]3CCCNC3)nc2)nc1Nc1ccc2oc(=O)[nH]c2c1. The van der Waals surface area contributed by atoms with Gasteiger partial charge in [0, 0.05) is 36.6 Å². The van der Waals surface area contributed by atoms with E-state index in [1.54, 1.807) is 18.3 Å². The van der Waals surface area contributed by atoms with Gasteiger partial charge in [-0.25, -0.2) is 14.8 Å². The summed E-state index contributed by atoms with van der Waals surface area (Å²) in [4.78, 5) is 30.4. The van der Waals surface area contributed by atoms with Gasteiger partial charge in [-0.2, -0.15) is 4.98 Å². The van der Waals surface area contributed by atoms with Gasteiger partial charge in [-0.05, 0) is 62.2 Å². The molecule has 10 nitrogen and oxygen atoms in total. The van der Waals surface area contributed by atoms with E-state index < -0.39 is 5.76 Å². The van der Waals surface area contributed by atoms with Crippen molar-refractivity contribution in [2.24, 2.45) is 0 Å². The van der Waals surface area contributed by atoms with Crippen molar-refractivity contribution in [3.63, 3.8) is 0 Å². The average molecular weight is 523 g/mol. The van der Waals surface area contributed by atoms with Crippen molar-refractivity contribution in [2.75, 3.05) is 28.6 Å². The molecule has 0 amide bonds. The van der Waals surface area contributed by atoms with Crippen LogP contribution in [0, 0.1) is 6.92 Å². The first-order chi connectivity index (χ1) is 19.1. The molecule has 3 aromatic heterocycles. The Balaban J connectivity index is 1.19. The van der Waals surface area contributed by atoms with E-state index in [0.717, 1.165) is 55.2 Å². The Labute approximate surface area is 225 Å². The summed E-state index contributed by atoms with van der Waals surface area (Å²) in [5, 5.41) is 10.1. The zero-order valence-electron chi connectivity index (χ0n) is 21.6. The van der Waals surface area contributed by atoms with Crippen LogP contribution >= 0.6 is 0 Å². The van der Waals surface area contributed by atoms with Gasteiger partial charge in [0.15, 0.2) is 5.58 Å². The molecule has 0 spiro atoms. The van der Waals surface area contributed by atoms with Crippen LogP contribution in [-0.4, -0.2) is 39.1 Å². The highest BCUT2D eigenvalue weighted by Crippen LogP contribution is 2.25. The number of aromatic nitrogens is 4. The molecule has 1 aliphatic rings. The van der Waals surface area contributed by atoms with E-state index >= 15 is 0 Å². The maximum Gasteiger partial charge on any atom is 0.417 e. The minimum atomic E-state index is -0.481. The second kappa shape index (κ2) is 11.0. The molecule has 4 heterocycles. The van der Waals surface area contributed by atoms with Gasteiger partial charge in [-0.15, -0.1) is 0 Å². The van der Waals surface area contributed by atoms with E-state index in [1.807, 2.05) is 37.4 Å². The molecule has 0 saturated carbocycles. The second-order valence-electron chi connectivity index (χ2n) is 9.72. The molecule has 0 unspecified atom stereocenters. The number of anilines is 5. The first-order valence-electron chi connectivity index (χ1n) is 13.1. The molecule has 0 bridgehead atoms. The number of H-pyrrole nitrogens is 1. The minimum absolute atomic E-state index is 0.387. The number of nitrogens with one attached hydrogen (secondary N) is 4. The predicted molar refractivity (Wildman–Crippen MR) is 153 cm³/mol. The fourth-order valence-electron chi connectivity index (χ4n) is 4.83. The highest BCUT2D eigenvalue weighted by Gasteiger charge is 2.22. The molecule has 0 radical (unpaired) electrons. The Morgan fingerprint density at radius 3 is 2.69 bits per heavy atom. The summed E-state index contributed by atoms with van der Waals surface area (Å²) >= 11 is 0. The third-order valence-corrected chi connectivity index (χ3v) is 6.86. The predicted octanol–water partition coefficient (Wildman–Crippen LogP) is 4.86. The van der Waals surface area contributed by atoms with Crippen LogP contribution in [0.5, 0.6) is 0 Å². The lowest BCUT2D eigenvalue weighted by atomic mass is 10.0. The zero-order chi connectivity index (χ0) is 26.6. The van der Waals surface area contributed by atoms with Gasteiger partial charge in [0.1, 0.15) is 11.6 Å².